The number of carboxylic acids is 1. The Balaban J connectivity index is 2.41. The normalized spacial score (nSPS) is 12.4. The third-order valence-electron chi connectivity index (χ3n) is 2.28. The lowest BCUT2D eigenvalue weighted by atomic mass is 10.2. The predicted molar refractivity (Wildman–Crippen MR) is 70.4 cm³/mol. The first-order valence-electron chi connectivity index (χ1n) is 5.52. The van der Waals surface area contributed by atoms with Crippen LogP contribution in [-0.2, 0) is 6.54 Å². The molecule has 1 aromatic heterocycles. The first kappa shape index (κ1) is 14.0. The Kier molecular flexibility index (Phi) is 6.00. The van der Waals surface area contributed by atoms with Crippen LogP contribution in [0.15, 0.2) is 18.2 Å². The van der Waals surface area contributed by atoms with Gasteiger partial charge in [0.05, 0.1) is 5.69 Å². The van der Waals surface area contributed by atoms with Gasteiger partial charge in [-0.05, 0) is 36.6 Å². The summed E-state index contributed by atoms with van der Waals surface area (Å²) < 4.78 is 0. The van der Waals surface area contributed by atoms with Crippen molar-refractivity contribution in [2.45, 2.75) is 13.5 Å². The molecular weight excluding hydrogens is 236 g/mol. The van der Waals surface area contributed by atoms with Crippen LogP contribution < -0.4 is 5.32 Å². The minimum absolute atomic E-state index is 0.0986. The minimum atomic E-state index is -0.984. The topological polar surface area (TPSA) is 62.2 Å². The van der Waals surface area contributed by atoms with Crippen molar-refractivity contribution in [3.63, 3.8) is 0 Å². The summed E-state index contributed by atoms with van der Waals surface area (Å²) in [5, 5.41) is 12.1. The van der Waals surface area contributed by atoms with Crippen molar-refractivity contribution in [2.24, 2.45) is 5.92 Å². The lowest BCUT2D eigenvalue weighted by molar-refractivity contribution is 0.0690. The number of aromatic carboxylic acids is 1. The van der Waals surface area contributed by atoms with E-state index in [1.165, 1.54) is 6.07 Å². The summed E-state index contributed by atoms with van der Waals surface area (Å²) in [5.74, 6) is 0.741. The number of carbonyl (C=O) groups is 1. The Bertz CT molecular complexity index is 371. The maximum Gasteiger partial charge on any atom is 0.354 e. The van der Waals surface area contributed by atoms with Crippen molar-refractivity contribution in [2.75, 3.05) is 18.6 Å². The fourth-order valence-electron chi connectivity index (χ4n) is 1.49. The molecule has 4 nitrogen and oxygen atoms in total. The predicted octanol–water partition coefficient (Wildman–Crippen LogP) is 1.87. The zero-order chi connectivity index (χ0) is 12.7. The Morgan fingerprint density at radius 2 is 2.35 bits per heavy atom. The van der Waals surface area contributed by atoms with Gasteiger partial charge in [-0.2, -0.15) is 11.8 Å². The molecule has 1 atom stereocenters. The highest BCUT2D eigenvalue weighted by molar-refractivity contribution is 7.98. The molecule has 94 valence electrons. The van der Waals surface area contributed by atoms with Gasteiger partial charge in [0.15, 0.2) is 0 Å². The molecule has 0 aliphatic carbocycles. The molecule has 1 aromatic rings. The van der Waals surface area contributed by atoms with Crippen molar-refractivity contribution in [3.8, 4) is 0 Å². The fourth-order valence-corrected chi connectivity index (χ4v) is 2.17. The molecule has 0 aromatic carbocycles. The van der Waals surface area contributed by atoms with E-state index in [0.717, 1.165) is 18.0 Å². The summed E-state index contributed by atoms with van der Waals surface area (Å²) >= 11 is 1.83. The Hall–Kier alpha value is -1.07. The van der Waals surface area contributed by atoms with Gasteiger partial charge in [-0.15, -0.1) is 0 Å². The second-order valence-corrected chi connectivity index (χ2v) is 4.92. The molecule has 5 heteroatoms. The molecule has 17 heavy (non-hydrogen) atoms. The SMILES string of the molecule is CSCC(C)CNCc1cccc(C(=O)O)n1. The van der Waals surface area contributed by atoms with Crippen molar-refractivity contribution in [1.29, 1.82) is 0 Å². The van der Waals surface area contributed by atoms with Gasteiger partial charge >= 0.3 is 5.97 Å². The number of rotatable bonds is 7. The quantitative estimate of drug-likeness (QED) is 0.777. The molecule has 1 heterocycles. The number of aromatic nitrogens is 1. The monoisotopic (exact) mass is 254 g/mol. The fraction of sp³-hybridized carbons (Fsp3) is 0.500. The van der Waals surface area contributed by atoms with E-state index in [1.807, 2.05) is 17.8 Å². The lowest BCUT2D eigenvalue weighted by Crippen LogP contribution is -2.22. The van der Waals surface area contributed by atoms with Gasteiger partial charge in [0.1, 0.15) is 5.69 Å². The Morgan fingerprint density at radius 3 is 3.00 bits per heavy atom. The van der Waals surface area contributed by atoms with Gasteiger partial charge in [0.25, 0.3) is 0 Å². The molecule has 0 amide bonds. The van der Waals surface area contributed by atoms with Crippen LogP contribution in [0.5, 0.6) is 0 Å². The molecule has 0 aliphatic heterocycles. The second kappa shape index (κ2) is 7.29. The molecule has 0 radical (unpaired) electrons. The van der Waals surface area contributed by atoms with Crippen LogP contribution >= 0.6 is 11.8 Å². The summed E-state index contributed by atoms with van der Waals surface area (Å²) in [4.78, 5) is 14.8. The summed E-state index contributed by atoms with van der Waals surface area (Å²) in [6, 6.07) is 5.06. The molecule has 0 fully saturated rings. The van der Waals surface area contributed by atoms with Crippen LogP contribution in [-0.4, -0.2) is 34.6 Å². The largest absolute Gasteiger partial charge is 0.477 e. The Morgan fingerprint density at radius 1 is 1.59 bits per heavy atom. The van der Waals surface area contributed by atoms with Gasteiger partial charge in [0.2, 0.25) is 0 Å². The smallest absolute Gasteiger partial charge is 0.354 e. The van der Waals surface area contributed by atoms with E-state index >= 15 is 0 Å². The number of nitrogens with zero attached hydrogens (tertiary/aromatic N) is 1. The second-order valence-electron chi connectivity index (χ2n) is 4.01. The highest BCUT2D eigenvalue weighted by Crippen LogP contribution is 2.04. The molecule has 0 spiro atoms. The van der Waals surface area contributed by atoms with Crippen LogP contribution in [0.3, 0.4) is 0 Å². The van der Waals surface area contributed by atoms with E-state index in [-0.39, 0.29) is 5.69 Å². The highest BCUT2D eigenvalue weighted by Gasteiger charge is 2.05. The maximum absolute atomic E-state index is 10.7. The summed E-state index contributed by atoms with van der Waals surface area (Å²) in [6.07, 6.45) is 2.09. The van der Waals surface area contributed by atoms with Crippen LogP contribution in [0, 0.1) is 5.92 Å². The standard InChI is InChI=1S/C12H18N2O2S/c1-9(8-17-2)6-13-7-10-4-3-5-11(14-10)12(15)16/h3-5,9,13H,6-8H2,1-2H3,(H,15,16). The highest BCUT2D eigenvalue weighted by atomic mass is 32.2. The molecule has 0 saturated carbocycles. The van der Waals surface area contributed by atoms with E-state index in [0.29, 0.717) is 12.5 Å². The van der Waals surface area contributed by atoms with Crippen LogP contribution in [0.25, 0.3) is 0 Å². The van der Waals surface area contributed by atoms with Crippen molar-refractivity contribution >= 4 is 17.7 Å². The minimum Gasteiger partial charge on any atom is -0.477 e. The van der Waals surface area contributed by atoms with Crippen molar-refractivity contribution in [1.82, 2.24) is 10.3 Å². The van der Waals surface area contributed by atoms with Crippen LogP contribution in [0.1, 0.15) is 23.1 Å². The van der Waals surface area contributed by atoms with E-state index in [1.54, 1.807) is 6.07 Å². The van der Waals surface area contributed by atoms with Gasteiger partial charge in [-0.3, -0.25) is 0 Å². The first-order chi connectivity index (χ1) is 8.13. The van der Waals surface area contributed by atoms with Gasteiger partial charge < -0.3 is 10.4 Å². The average Bonchev–Trinajstić information content (AvgIpc) is 2.30. The average molecular weight is 254 g/mol. The van der Waals surface area contributed by atoms with Gasteiger partial charge in [-0.1, -0.05) is 13.0 Å². The first-order valence-corrected chi connectivity index (χ1v) is 6.91. The molecule has 0 bridgehead atoms. The van der Waals surface area contributed by atoms with E-state index < -0.39 is 5.97 Å². The van der Waals surface area contributed by atoms with E-state index in [2.05, 4.69) is 23.5 Å². The lowest BCUT2D eigenvalue weighted by Gasteiger charge is -2.10. The van der Waals surface area contributed by atoms with Crippen LogP contribution in [0.4, 0.5) is 0 Å². The summed E-state index contributed by atoms with van der Waals surface area (Å²) in [6.45, 7) is 3.71. The Labute approximate surface area is 106 Å². The maximum atomic E-state index is 10.7. The van der Waals surface area contributed by atoms with E-state index in [9.17, 15) is 4.79 Å². The number of thioether (sulfide) groups is 1. The van der Waals surface area contributed by atoms with Crippen molar-refractivity contribution < 1.29 is 9.90 Å². The third kappa shape index (κ3) is 5.19. The third-order valence-corrected chi connectivity index (χ3v) is 3.18. The molecule has 0 aliphatic rings. The summed E-state index contributed by atoms with van der Waals surface area (Å²) in [5.41, 5.74) is 0.864. The molecule has 2 N–H and O–H groups in total. The number of carboxylic acid groups (broad SMARTS) is 1. The number of hydrogen-bond donors (Lipinski definition) is 2. The van der Waals surface area contributed by atoms with E-state index in [4.69, 9.17) is 5.11 Å². The molecule has 0 saturated heterocycles. The zero-order valence-corrected chi connectivity index (χ0v) is 11.0. The number of pyridine rings is 1. The molecule has 1 unspecified atom stereocenters. The van der Waals surface area contributed by atoms with Gasteiger partial charge in [0, 0.05) is 6.54 Å². The van der Waals surface area contributed by atoms with Gasteiger partial charge in [-0.25, -0.2) is 9.78 Å². The number of nitrogens with one attached hydrogen (secondary N) is 1. The van der Waals surface area contributed by atoms with Crippen LogP contribution in [0.2, 0.25) is 0 Å². The number of hydrogen-bond acceptors (Lipinski definition) is 4. The molecule has 1 rings (SSSR count). The summed E-state index contributed by atoms with van der Waals surface area (Å²) in [7, 11) is 0. The molecular formula is C12H18N2O2S. The van der Waals surface area contributed by atoms with Crippen molar-refractivity contribution in [3.05, 3.63) is 29.6 Å². The zero-order valence-electron chi connectivity index (χ0n) is 10.1.